The minimum absolute atomic E-state index is 0.00303. The summed E-state index contributed by atoms with van der Waals surface area (Å²) in [6.45, 7) is 6.15. The van der Waals surface area contributed by atoms with Gasteiger partial charge in [0, 0.05) is 54.8 Å². The second-order valence-electron chi connectivity index (χ2n) is 16.1. The Kier molecular flexibility index (Phi) is 12.9. The summed E-state index contributed by atoms with van der Waals surface area (Å²) >= 11 is 1.12. The summed E-state index contributed by atoms with van der Waals surface area (Å²) in [5, 5.41) is 5.62. The first-order valence-corrected chi connectivity index (χ1v) is 21.5. The molecule has 0 saturated carbocycles. The number of carbonyl (C=O) groups excluding carboxylic acids is 4. The van der Waals surface area contributed by atoms with Crippen LogP contribution in [-0.2, 0) is 16.1 Å². The quantitative estimate of drug-likeness (QED) is 0.0652. The maximum absolute atomic E-state index is 14.9. The standard InChI is InChI=1S/C50H46F2N4O5S/c1-31(2)28-55(29-35-12-6-7-13-39(35)34-10-4-3-5-11-34)38-26-37(56(30-38)49(59)41-15-9-8-14-40(41)46(58)42-22-21-36(51)25-43(42)52)27-53-45(57)23-20-32-16-18-33(19-17-32)24-44-47-48(61-47)54-50(60)62-44/h3-25,31,37-38,47-48H,26-30H2,1-2H3,(H,53,57)(H,54,60)/b23-20+,44-24-/t37-,38+,47?,48?/m0/s1. The number of fused-ring (bicyclic) bond motifs is 1. The van der Waals surface area contributed by atoms with Gasteiger partial charge in [0.2, 0.25) is 5.91 Å². The second-order valence-corrected chi connectivity index (χ2v) is 17.2. The van der Waals surface area contributed by atoms with Crippen molar-refractivity contribution in [2.24, 2.45) is 5.92 Å². The van der Waals surface area contributed by atoms with E-state index in [4.69, 9.17) is 4.74 Å². The van der Waals surface area contributed by atoms with Gasteiger partial charge in [-0.05, 0) is 82.3 Å². The molecule has 4 atom stereocenters. The largest absolute Gasteiger partial charge is 0.350 e. The number of halogens is 2. The van der Waals surface area contributed by atoms with E-state index in [0.717, 1.165) is 63.2 Å². The van der Waals surface area contributed by atoms with E-state index in [1.165, 1.54) is 12.1 Å². The van der Waals surface area contributed by atoms with Gasteiger partial charge in [-0.25, -0.2) is 8.78 Å². The van der Waals surface area contributed by atoms with Crippen LogP contribution in [0.25, 0.3) is 23.3 Å². The fourth-order valence-electron chi connectivity index (χ4n) is 8.21. The summed E-state index contributed by atoms with van der Waals surface area (Å²) in [5.74, 6) is -3.02. The van der Waals surface area contributed by atoms with Gasteiger partial charge in [0.05, 0.1) is 17.2 Å². The van der Waals surface area contributed by atoms with Gasteiger partial charge in [-0.15, -0.1) is 0 Å². The van der Waals surface area contributed by atoms with Gasteiger partial charge < -0.3 is 20.3 Å². The van der Waals surface area contributed by atoms with Crippen molar-refractivity contribution >= 4 is 46.8 Å². The molecule has 5 aromatic rings. The normalized spacial score (nSPS) is 20.1. The van der Waals surface area contributed by atoms with Crippen LogP contribution in [0, 0.1) is 17.6 Å². The molecular formula is C50H46F2N4O5S. The fourth-order valence-corrected chi connectivity index (χ4v) is 9.09. The lowest BCUT2D eigenvalue weighted by molar-refractivity contribution is -0.116. The predicted octanol–water partition coefficient (Wildman–Crippen LogP) is 8.96. The van der Waals surface area contributed by atoms with Gasteiger partial charge >= 0.3 is 0 Å². The molecule has 2 N–H and O–H groups in total. The van der Waals surface area contributed by atoms with Crippen molar-refractivity contribution in [2.45, 2.75) is 51.2 Å². The highest BCUT2D eigenvalue weighted by Crippen LogP contribution is 2.40. The van der Waals surface area contributed by atoms with Crippen molar-refractivity contribution < 1.29 is 32.7 Å². The molecule has 316 valence electrons. The number of nitrogens with zero attached hydrogens (tertiary/aromatic N) is 2. The Hall–Kier alpha value is -6.21. The zero-order valence-electron chi connectivity index (χ0n) is 34.3. The molecule has 0 spiro atoms. The van der Waals surface area contributed by atoms with Crippen LogP contribution in [0.1, 0.15) is 63.2 Å². The number of ether oxygens (including phenoxy) is 1. The lowest BCUT2D eigenvalue weighted by Crippen LogP contribution is -2.44. The molecule has 8 rings (SSSR count). The number of epoxide rings is 1. The van der Waals surface area contributed by atoms with E-state index in [0.29, 0.717) is 31.5 Å². The number of ketones is 1. The van der Waals surface area contributed by atoms with Gasteiger partial charge in [-0.1, -0.05) is 111 Å². The molecule has 0 radical (unpaired) electrons. The summed E-state index contributed by atoms with van der Waals surface area (Å²) in [5.41, 5.74) is 4.84. The molecule has 0 aromatic heterocycles. The van der Waals surface area contributed by atoms with E-state index in [1.807, 2.05) is 60.7 Å². The third-order valence-corrected chi connectivity index (χ3v) is 12.1. The van der Waals surface area contributed by atoms with E-state index >= 15 is 0 Å². The average molecular weight is 853 g/mol. The Labute approximate surface area is 363 Å². The van der Waals surface area contributed by atoms with E-state index < -0.39 is 29.4 Å². The highest BCUT2D eigenvalue weighted by molar-refractivity contribution is 8.17. The Bertz CT molecular complexity index is 2550. The van der Waals surface area contributed by atoms with Crippen molar-refractivity contribution in [3.8, 4) is 11.1 Å². The lowest BCUT2D eigenvalue weighted by atomic mass is 9.97. The number of hydrogen-bond donors (Lipinski definition) is 2. The topological polar surface area (TPSA) is 111 Å². The van der Waals surface area contributed by atoms with Crippen molar-refractivity contribution in [3.63, 3.8) is 0 Å². The molecule has 3 aliphatic heterocycles. The molecular weight excluding hydrogens is 807 g/mol. The number of benzene rings is 5. The monoisotopic (exact) mass is 852 g/mol. The summed E-state index contributed by atoms with van der Waals surface area (Å²) in [6, 6.07) is 34.6. The van der Waals surface area contributed by atoms with Crippen LogP contribution in [0.3, 0.4) is 0 Å². The molecule has 0 bridgehead atoms. The average Bonchev–Trinajstić information content (AvgIpc) is 3.93. The highest BCUT2D eigenvalue weighted by atomic mass is 32.2. The number of likely N-dealkylation sites (tertiary alicyclic amines) is 1. The summed E-state index contributed by atoms with van der Waals surface area (Å²) in [4.78, 5) is 58.7. The summed E-state index contributed by atoms with van der Waals surface area (Å²) in [7, 11) is 0. The first-order valence-electron chi connectivity index (χ1n) is 20.7. The van der Waals surface area contributed by atoms with Crippen LogP contribution in [0.5, 0.6) is 0 Å². The van der Waals surface area contributed by atoms with Crippen molar-refractivity contribution in [2.75, 3.05) is 19.6 Å². The Morgan fingerprint density at radius 3 is 2.35 bits per heavy atom. The smallest absolute Gasteiger partial charge is 0.285 e. The highest BCUT2D eigenvalue weighted by Gasteiger charge is 2.48. The molecule has 2 unspecified atom stereocenters. The van der Waals surface area contributed by atoms with Gasteiger partial charge in [0.1, 0.15) is 17.7 Å². The Balaban J connectivity index is 1.03. The van der Waals surface area contributed by atoms with E-state index in [-0.39, 0.29) is 52.8 Å². The third-order valence-electron chi connectivity index (χ3n) is 11.2. The maximum atomic E-state index is 14.9. The molecule has 3 amide bonds. The van der Waals surface area contributed by atoms with Crippen LogP contribution in [-0.4, -0.2) is 76.7 Å². The third kappa shape index (κ3) is 9.94. The number of hydrogen-bond acceptors (Lipinski definition) is 7. The predicted molar refractivity (Wildman–Crippen MR) is 238 cm³/mol. The maximum Gasteiger partial charge on any atom is 0.285 e. The van der Waals surface area contributed by atoms with Crippen molar-refractivity contribution in [1.82, 2.24) is 20.4 Å². The number of rotatable bonds is 14. The minimum Gasteiger partial charge on any atom is -0.350 e. The van der Waals surface area contributed by atoms with E-state index in [2.05, 4.69) is 53.6 Å². The number of amides is 3. The van der Waals surface area contributed by atoms with Crippen molar-refractivity contribution in [3.05, 3.63) is 177 Å². The SMILES string of the molecule is CC(C)CN(Cc1ccccc1-c1ccccc1)[C@@H]1C[C@@H](CNC(=O)/C=C/c2ccc(/C=C3\SC(=O)NC4OC34)cc2)N(C(=O)c2ccccc2C(=O)c2ccc(F)cc2F)C1. The van der Waals surface area contributed by atoms with Gasteiger partial charge in [-0.2, -0.15) is 0 Å². The van der Waals surface area contributed by atoms with Gasteiger partial charge in [-0.3, -0.25) is 24.1 Å². The molecule has 9 nitrogen and oxygen atoms in total. The van der Waals surface area contributed by atoms with Crippen LogP contribution >= 0.6 is 11.8 Å². The molecule has 62 heavy (non-hydrogen) atoms. The molecule has 12 heteroatoms. The molecule has 3 fully saturated rings. The molecule has 5 aromatic carbocycles. The summed E-state index contributed by atoms with van der Waals surface area (Å²) < 4.78 is 34.2. The molecule has 3 aliphatic rings. The first-order chi connectivity index (χ1) is 30.0. The lowest BCUT2D eigenvalue weighted by Gasteiger charge is -2.31. The number of nitrogens with one attached hydrogen (secondary N) is 2. The van der Waals surface area contributed by atoms with Crippen molar-refractivity contribution in [1.29, 1.82) is 0 Å². The van der Waals surface area contributed by atoms with Crippen LogP contribution in [0.4, 0.5) is 13.6 Å². The molecule has 3 saturated heterocycles. The van der Waals surface area contributed by atoms with Gasteiger partial charge in [0.25, 0.3) is 11.1 Å². The first kappa shape index (κ1) is 42.5. The number of thioether (sulfide) groups is 1. The zero-order valence-corrected chi connectivity index (χ0v) is 35.1. The summed E-state index contributed by atoms with van der Waals surface area (Å²) in [6.07, 6.45) is 5.27. The number of carbonyl (C=O) groups is 4. The van der Waals surface area contributed by atoms with Crippen LogP contribution < -0.4 is 10.6 Å². The minimum atomic E-state index is -1.01. The van der Waals surface area contributed by atoms with E-state index in [9.17, 15) is 28.0 Å². The Morgan fingerprint density at radius 1 is 0.887 bits per heavy atom. The molecule has 0 aliphatic carbocycles. The Morgan fingerprint density at radius 2 is 1.60 bits per heavy atom. The van der Waals surface area contributed by atoms with E-state index in [1.54, 1.807) is 29.2 Å². The fraction of sp³-hybridized carbons (Fsp3) is 0.240. The second kappa shape index (κ2) is 18.8. The van der Waals surface area contributed by atoms with Crippen LogP contribution in [0.2, 0.25) is 0 Å². The molecule has 3 heterocycles. The van der Waals surface area contributed by atoms with Crippen LogP contribution in [0.15, 0.2) is 132 Å². The zero-order chi connectivity index (χ0) is 43.3. The van der Waals surface area contributed by atoms with Gasteiger partial charge in [0.15, 0.2) is 12.0 Å².